The number of aryl methyl sites for hydroxylation is 1. The summed E-state index contributed by atoms with van der Waals surface area (Å²) in [5.41, 5.74) is 2.86. The number of H-pyrrole nitrogens is 1. The van der Waals surface area contributed by atoms with Crippen LogP contribution >= 0.6 is 0 Å². The third kappa shape index (κ3) is 2.79. The van der Waals surface area contributed by atoms with Crippen molar-refractivity contribution in [2.24, 2.45) is 5.92 Å². The number of aromatic amines is 1. The molecule has 0 saturated carbocycles. The Balaban J connectivity index is 1.43. The molecular weight excluding hydrogens is 302 g/mol. The lowest BCUT2D eigenvalue weighted by Gasteiger charge is -2.31. The molecule has 24 heavy (non-hydrogen) atoms. The van der Waals surface area contributed by atoms with Crippen molar-refractivity contribution in [1.29, 1.82) is 0 Å². The van der Waals surface area contributed by atoms with Crippen LogP contribution in [0.3, 0.4) is 0 Å². The number of rotatable bonds is 3. The summed E-state index contributed by atoms with van der Waals surface area (Å²) in [5, 5.41) is 0. The molecule has 3 aromatic rings. The van der Waals surface area contributed by atoms with Crippen LogP contribution < -0.4 is 10.5 Å². The van der Waals surface area contributed by atoms with Crippen LogP contribution in [-0.2, 0) is 6.54 Å². The molecule has 6 heteroatoms. The van der Waals surface area contributed by atoms with Crippen molar-refractivity contribution in [3.8, 4) is 0 Å². The molecule has 1 aliphatic heterocycles. The molecule has 1 saturated heterocycles. The first-order valence-corrected chi connectivity index (χ1v) is 8.41. The van der Waals surface area contributed by atoms with Crippen molar-refractivity contribution in [3.05, 3.63) is 52.7 Å². The summed E-state index contributed by atoms with van der Waals surface area (Å²) in [6.07, 6.45) is 5.39. The van der Waals surface area contributed by atoms with Crippen molar-refractivity contribution in [2.45, 2.75) is 26.3 Å². The van der Waals surface area contributed by atoms with Crippen LogP contribution in [0.1, 0.15) is 18.4 Å². The molecule has 124 valence electrons. The number of benzene rings is 1. The molecular formula is C18H21N5O. The van der Waals surface area contributed by atoms with E-state index in [1.807, 2.05) is 25.1 Å². The molecule has 6 nitrogen and oxygen atoms in total. The van der Waals surface area contributed by atoms with Crippen molar-refractivity contribution in [3.63, 3.8) is 0 Å². The van der Waals surface area contributed by atoms with E-state index in [0.29, 0.717) is 11.5 Å². The predicted molar refractivity (Wildman–Crippen MR) is 94.3 cm³/mol. The van der Waals surface area contributed by atoms with E-state index < -0.39 is 0 Å². The molecule has 0 atom stereocenters. The molecule has 4 rings (SSSR count). The van der Waals surface area contributed by atoms with Crippen LogP contribution in [-0.4, -0.2) is 32.6 Å². The molecule has 0 spiro atoms. The Morgan fingerprint density at radius 2 is 2.04 bits per heavy atom. The van der Waals surface area contributed by atoms with Gasteiger partial charge in [-0.25, -0.2) is 9.97 Å². The number of aromatic nitrogens is 4. The molecule has 2 aromatic heterocycles. The Morgan fingerprint density at radius 3 is 2.83 bits per heavy atom. The number of nitrogens with zero attached hydrogens (tertiary/aromatic N) is 4. The topological polar surface area (TPSA) is 66.8 Å². The minimum atomic E-state index is 0.0738. The highest BCUT2D eigenvalue weighted by molar-refractivity contribution is 5.77. The van der Waals surface area contributed by atoms with Gasteiger partial charge in [-0.05, 0) is 37.8 Å². The number of para-hydroxylation sites is 2. The van der Waals surface area contributed by atoms with Gasteiger partial charge in [0.2, 0.25) is 5.95 Å². The van der Waals surface area contributed by atoms with Gasteiger partial charge in [-0.3, -0.25) is 9.36 Å². The summed E-state index contributed by atoms with van der Waals surface area (Å²) in [4.78, 5) is 26.6. The number of nitrogens with one attached hydrogen (secondary N) is 1. The molecule has 0 radical (unpaired) electrons. The highest BCUT2D eigenvalue weighted by Gasteiger charge is 2.22. The Hall–Kier alpha value is -2.63. The van der Waals surface area contributed by atoms with E-state index in [2.05, 4.69) is 25.9 Å². The lowest BCUT2D eigenvalue weighted by Crippen LogP contribution is -2.37. The summed E-state index contributed by atoms with van der Waals surface area (Å²) in [6, 6.07) is 8.10. The van der Waals surface area contributed by atoms with Crippen molar-refractivity contribution < 1.29 is 0 Å². The largest absolute Gasteiger partial charge is 0.342 e. The third-order valence-electron chi connectivity index (χ3n) is 4.82. The van der Waals surface area contributed by atoms with Gasteiger partial charge < -0.3 is 9.88 Å². The van der Waals surface area contributed by atoms with Crippen LogP contribution in [0.5, 0.6) is 0 Å². The molecule has 0 unspecified atom stereocenters. The number of piperidine rings is 1. The van der Waals surface area contributed by atoms with Gasteiger partial charge in [-0.15, -0.1) is 0 Å². The maximum Gasteiger partial charge on any atom is 0.256 e. The van der Waals surface area contributed by atoms with Gasteiger partial charge in [0.1, 0.15) is 0 Å². The molecule has 1 aliphatic rings. The first-order chi connectivity index (χ1) is 11.7. The number of hydrogen-bond acceptors (Lipinski definition) is 4. The van der Waals surface area contributed by atoms with Gasteiger partial charge in [-0.1, -0.05) is 12.1 Å². The minimum absolute atomic E-state index is 0.0738. The second-order valence-corrected chi connectivity index (χ2v) is 6.54. The van der Waals surface area contributed by atoms with Crippen molar-refractivity contribution >= 4 is 17.0 Å². The summed E-state index contributed by atoms with van der Waals surface area (Å²) in [6.45, 7) is 4.48. The molecule has 1 N–H and O–H groups in total. The summed E-state index contributed by atoms with van der Waals surface area (Å²) in [5.74, 6) is 1.45. The highest BCUT2D eigenvalue weighted by atomic mass is 16.1. The van der Waals surface area contributed by atoms with E-state index in [1.54, 1.807) is 17.1 Å². The smallest absolute Gasteiger partial charge is 0.256 e. The quantitative estimate of drug-likeness (QED) is 0.803. The van der Waals surface area contributed by atoms with Crippen LogP contribution in [0.4, 0.5) is 5.95 Å². The lowest BCUT2D eigenvalue weighted by molar-refractivity contribution is 0.349. The predicted octanol–water partition coefficient (Wildman–Crippen LogP) is 2.34. The van der Waals surface area contributed by atoms with Crippen molar-refractivity contribution in [1.82, 2.24) is 19.5 Å². The van der Waals surface area contributed by atoms with E-state index >= 15 is 0 Å². The van der Waals surface area contributed by atoms with Gasteiger partial charge in [0.05, 0.1) is 17.4 Å². The van der Waals surface area contributed by atoms with Crippen LogP contribution in [0, 0.1) is 12.8 Å². The molecule has 1 fully saturated rings. The highest BCUT2D eigenvalue weighted by Crippen LogP contribution is 2.24. The maximum absolute atomic E-state index is 12.1. The molecule has 3 heterocycles. The lowest BCUT2D eigenvalue weighted by atomic mass is 9.97. The standard InChI is InChI=1S/C18H21N5O/c1-13-10-19-12-23(17(13)24)11-14-6-8-22(9-7-14)18-20-15-4-2-3-5-16(15)21-18/h2-5,10,12,14H,6-9,11H2,1H3,(H,20,21). The van der Waals surface area contributed by atoms with Gasteiger partial charge in [0.25, 0.3) is 5.56 Å². The zero-order chi connectivity index (χ0) is 16.5. The summed E-state index contributed by atoms with van der Waals surface area (Å²) < 4.78 is 1.75. The fourth-order valence-electron chi connectivity index (χ4n) is 3.38. The molecule has 0 bridgehead atoms. The minimum Gasteiger partial charge on any atom is -0.342 e. The second-order valence-electron chi connectivity index (χ2n) is 6.54. The molecule has 0 aliphatic carbocycles. The third-order valence-corrected chi connectivity index (χ3v) is 4.82. The fourth-order valence-corrected chi connectivity index (χ4v) is 3.38. The monoisotopic (exact) mass is 323 g/mol. The Bertz CT molecular complexity index is 872. The summed E-state index contributed by atoms with van der Waals surface area (Å²) >= 11 is 0. The second kappa shape index (κ2) is 6.11. The molecule has 1 aromatic carbocycles. The van der Waals surface area contributed by atoms with E-state index in [-0.39, 0.29) is 5.56 Å². The normalized spacial score (nSPS) is 16.0. The first-order valence-electron chi connectivity index (χ1n) is 8.41. The van der Waals surface area contributed by atoms with Gasteiger partial charge in [0.15, 0.2) is 0 Å². The first kappa shape index (κ1) is 14.9. The summed E-state index contributed by atoms with van der Waals surface area (Å²) in [7, 11) is 0. The van der Waals surface area contributed by atoms with Crippen molar-refractivity contribution in [2.75, 3.05) is 18.0 Å². The van der Waals surface area contributed by atoms with Crippen LogP contribution in [0.15, 0.2) is 41.6 Å². The zero-order valence-electron chi connectivity index (χ0n) is 13.8. The maximum atomic E-state index is 12.1. The number of hydrogen-bond donors (Lipinski definition) is 1. The van der Waals surface area contributed by atoms with E-state index in [9.17, 15) is 4.79 Å². The van der Waals surface area contributed by atoms with Crippen LogP contribution in [0.2, 0.25) is 0 Å². The van der Waals surface area contributed by atoms with Gasteiger partial charge in [0, 0.05) is 31.4 Å². The Kier molecular flexibility index (Phi) is 3.80. The SMILES string of the molecule is Cc1cncn(CC2CCN(c3nc4ccccc4[nH]3)CC2)c1=O. The fraction of sp³-hybridized carbons (Fsp3) is 0.389. The van der Waals surface area contributed by atoms with E-state index in [0.717, 1.165) is 49.5 Å². The van der Waals surface area contributed by atoms with E-state index in [1.165, 1.54) is 0 Å². The number of anilines is 1. The Labute approximate surface area is 140 Å². The number of fused-ring (bicyclic) bond motifs is 1. The average Bonchev–Trinajstić information content (AvgIpc) is 3.04. The van der Waals surface area contributed by atoms with Crippen LogP contribution in [0.25, 0.3) is 11.0 Å². The van der Waals surface area contributed by atoms with Gasteiger partial charge >= 0.3 is 0 Å². The zero-order valence-corrected chi connectivity index (χ0v) is 13.8. The molecule has 0 amide bonds. The average molecular weight is 323 g/mol. The van der Waals surface area contributed by atoms with Gasteiger partial charge in [-0.2, -0.15) is 0 Å². The van der Waals surface area contributed by atoms with E-state index in [4.69, 9.17) is 0 Å². The Morgan fingerprint density at radius 1 is 1.25 bits per heavy atom. The number of imidazole rings is 1.